The monoisotopic (exact) mass is 304 g/mol. The highest BCUT2D eigenvalue weighted by Crippen LogP contribution is 2.18. The van der Waals surface area contributed by atoms with E-state index in [0.29, 0.717) is 5.92 Å². The summed E-state index contributed by atoms with van der Waals surface area (Å²) in [5.74, 6) is 2.56. The fourth-order valence-electron chi connectivity index (χ4n) is 2.75. The molecule has 0 spiro atoms. The summed E-state index contributed by atoms with van der Waals surface area (Å²) >= 11 is 0. The minimum atomic E-state index is 0.688. The number of nitrogens with one attached hydrogen (secondary N) is 1. The van der Waals surface area contributed by atoms with Gasteiger partial charge < -0.3 is 15.0 Å². The second-order valence-electron chi connectivity index (χ2n) is 7.01. The first kappa shape index (κ1) is 17.1. The molecule has 1 saturated heterocycles. The average molecular weight is 304 g/mol. The van der Waals surface area contributed by atoms with Crippen LogP contribution in [0.2, 0.25) is 0 Å². The smallest absolute Gasteiger partial charge is 0.121 e. The van der Waals surface area contributed by atoms with Gasteiger partial charge in [0.15, 0.2) is 0 Å². The first-order valence-electron chi connectivity index (χ1n) is 8.82. The number of hydrogen-bond acceptors (Lipinski definition) is 3. The molecule has 1 aromatic rings. The summed E-state index contributed by atoms with van der Waals surface area (Å²) < 4.78 is 5.82. The topological polar surface area (TPSA) is 24.5 Å². The van der Waals surface area contributed by atoms with E-state index in [1.807, 2.05) is 6.07 Å². The quantitative estimate of drug-likeness (QED) is 0.777. The van der Waals surface area contributed by atoms with Gasteiger partial charge in [0.2, 0.25) is 0 Å². The summed E-state index contributed by atoms with van der Waals surface area (Å²) in [6.45, 7) is 12.2. The summed E-state index contributed by atoms with van der Waals surface area (Å²) in [6, 6.07) is 8.33. The van der Waals surface area contributed by atoms with Crippen molar-refractivity contribution in [2.75, 3.05) is 38.1 Å². The molecule has 0 saturated carbocycles. The fraction of sp³-hybridized carbons (Fsp3) is 0.684. The van der Waals surface area contributed by atoms with Crippen molar-refractivity contribution in [3.05, 3.63) is 24.3 Å². The van der Waals surface area contributed by atoms with Gasteiger partial charge in [0.05, 0.1) is 6.61 Å². The normalized spacial score (nSPS) is 16.9. The van der Waals surface area contributed by atoms with Crippen LogP contribution in [0.1, 0.15) is 40.0 Å². The molecule has 22 heavy (non-hydrogen) atoms. The number of piperidine rings is 1. The Morgan fingerprint density at radius 1 is 1.27 bits per heavy atom. The third-order valence-electron chi connectivity index (χ3n) is 4.43. The predicted molar refractivity (Wildman–Crippen MR) is 94.7 cm³/mol. The SMILES string of the molecule is CC(C)CCOc1cccc(NCCN2CCC(C)CC2)c1. The number of rotatable bonds is 8. The molecule has 0 amide bonds. The molecule has 3 heteroatoms. The molecule has 0 atom stereocenters. The van der Waals surface area contributed by atoms with Crippen molar-refractivity contribution in [1.29, 1.82) is 0 Å². The number of hydrogen-bond donors (Lipinski definition) is 1. The first-order chi connectivity index (χ1) is 10.6. The van der Waals surface area contributed by atoms with Crippen molar-refractivity contribution in [3.63, 3.8) is 0 Å². The standard InChI is InChI=1S/C19H32N2O/c1-16(2)9-14-22-19-6-4-5-18(15-19)20-10-13-21-11-7-17(3)8-12-21/h4-6,15-17,20H,7-14H2,1-3H3. The van der Waals surface area contributed by atoms with Crippen molar-refractivity contribution >= 4 is 5.69 Å². The molecule has 1 N–H and O–H groups in total. The van der Waals surface area contributed by atoms with Gasteiger partial charge in [-0.25, -0.2) is 0 Å². The van der Waals surface area contributed by atoms with Gasteiger partial charge in [-0.1, -0.05) is 26.8 Å². The van der Waals surface area contributed by atoms with E-state index >= 15 is 0 Å². The Balaban J connectivity index is 1.69. The van der Waals surface area contributed by atoms with Gasteiger partial charge >= 0.3 is 0 Å². The van der Waals surface area contributed by atoms with Crippen LogP contribution in [-0.2, 0) is 0 Å². The molecular weight excluding hydrogens is 272 g/mol. The molecule has 0 aromatic heterocycles. The molecule has 0 unspecified atom stereocenters. The minimum Gasteiger partial charge on any atom is -0.494 e. The van der Waals surface area contributed by atoms with E-state index in [1.54, 1.807) is 0 Å². The lowest BCUT2D eigenvalue weighted by Gasteiger charge is -2.30. The Hall–Kier alpha value is -1.22. The van der Waals surface area contributed by atoms with E-state index in [0.717, 1.165) is 43.5 Å². The van der Waals surface area contributed by atoms with Crippen LogP contribution in [0.4, 0.5) is 5.69 Å². The molecular formula is C19H32N2O. The lowest BCUT2D eigenvalue weighted by Crippen LogP contribution is -2.36. The molecule has 124 valence electrons. The largest absolute Gasteiger partial charge is 0.494 e. The third-order valence-corrected chi connectivity index (χ3v) is 4.43. The van der Waals surface area contributed by atoms with Crippen molar-refractivity contribution in [2.45, 2.75) is 40.0 Å². The fourth-order valence-corrected chi connectivity index (χ4v) is 2.75. The van der Waals surface area contributed by atoms with E-state index in [4.69, 9.17) is 4.74 Å². The van der Waals surface area contributed by atoms with E-state index in [9.17, 15) is 0 Å². The van der Waals surface area contributed by atoms with Crippen LogP contribution < -0.4 is 10.1 Å². The van der Waals surface area contributed by atoms with Crippen LogP contribution in [0.5, 0.6) is 5.75 Å². The van der Waals surface area contributed by atoms with Crippen molar-refractivity contribution in [2.24, 2.45) is 11.8 Å². The molecule has 1 aliphatic heterocycles. The number of likely N-dealkylation sites (tertiary alicyclic amines) is 1. The predicted octanol–water partition coefficient (Wildman–Crippen LogP) is 4.26. The van der Waals surface area contributed by atoms with E-state index in [1.165, 1.54) is 25.9 Å². The lowest BCUT2D eigenvalue weighted by molar-refractivity contribution is 0.199. The zero-order valence-electron chi connectivity index (χ0n) is 14.5. The van der Waals surface area contributed by atoms with Gasteiger partial charge in [-0.15, -0.1) is 0 Å². The summed E-state index contributed by atoms with van der Waals surface area (Å²) in [4.78, 5) is 2.57. The highest BCUT2D eigenvalue weighted by atomic mass is 16.5. The summed E-state index contributed by atoms with van der Waals surface area (Å²) in [7, 11) is 0. The van der Waals surface area contributed by atoms with E-state index in [-0.39, 0.29) is 0 Å². The zero-order chi connectivity index (χ0) is 15.8. The average Bonchev–Trinajstić information content (AvgIpc) is 2.49. The maximum absolute atomic E-state index is 5.82. The van der Waals surface area contributed by atoms with Gasteiger partial charge in [0, 0.05) is 24.8 Å². The molecule has 3 nitrogen and oxygen atoms in total. The van der Waals surface area contributed by atoms with Gasteiger partial charge in [-0.3, -0.25) is 0 Å². The molecule has 0 bridgehead atoms. The van der Waals surface area contributed by atoms with Crippen LogP contribution in [0.15, 0.2) is 24.3 Å². The molecule has 0 radical (unpaired) electrons. The Morgan fingerprint density at radius 2 is 2.05 bits per heavy atom. The number of benzene rings is 1. The highest BCUT2D eigenvalue weighted by Gasteiger charge is 2.14. The van der Waals surface area contributed by atoms with Crippen molar-refractivity contribution in [3.8, 4) is 5.75 Å². The van der Waals surface area contributed by atoms with Crippen LogP contribution in [0.25, 0.3) is 0 Å². The number of anilines is 1. The number of nitrogens with zero attached hydrogens (tertiary/aromatic N) is 1. The Bertz CT molecular complexity index is 425. The molecule has 2 rings (SSSR count). The van der Waals surface area contributed by atoms with Gasteiger partial charge in [0.25, 0.3) is 0 Å². The minimum absolute atomic E-state index is 0.688. The summed E-state index contributed by atoms with van der Waals surface area (Å²) in [5, 5.41) is 3.52. The Morgan fingerprint density at radius 3 is 2.77 bits per heavy atom. The maximum Gasteiger partial charge on any atom is 0.121 e. The second-order valence-corrected chi connectivity index (χ2v) is 7.01. The van der Waals surface area contributed by atoms with Crippen molar-refractivity contribution < 1.29 is 4.74 Å². The lowest BCUT2D eigenvalue weighted by atomic mass is 9.99. The van der Waals surface area contributed by atoms with Gasteiger partial charge in [-0.05, 0) is 56.3 Å². The number of ether oxygens (including phenoxy) is 1. The van der Waals surface area contributed by atoms with E-state index in [2.05, 4.69) is 49.2 Å². The van der Waals surface area contributed by atoms with Gasteiger partial charge in [-0.2, -0.15) is 0 Å². The Labute approximate surface area is 136 Å². The van der Waals surface area contributed by atoms with Crippen LogP contribution >= 0.6 is 0 Å². The summed E-state index contributed by atoms with van der Waals surface area (Å²) in [5.41, 5.74) is 1.16. The van der Waals surface area contributed by atoms with Crippen LogP contribution in [0.3, 0.4) is 0 Å². The van der Waals surface area contributed by atoms with Crippen LogP contribution in [-0.4, -0.2) is 37.7 Å². The van der Waals surface area contributed by atoms with Crippen molar-refractivity contribution in [1.82, 2.24) is 4.90 Å². The summed E-state index contributed by atoms with van der Waals surface area (Å²) in [6.07, 6.45) is 3.80. The second kappa shape index (κ2) is 9.04. The highest BCUT2D eigenvalue weighted by molar-refractivity contribution is 5.48. The molecule has 1 fully saturated rings. The zero-order valence-corrected chi connectivity index (χ0v) is 14.5. The Kier molecular flexibility index (Phi) is 7.04. The van der Waals surface area contributed by atoms with Gasteiger partial charge in [0.1, 0.15) is 5.75 Å². The molecule has 1 aromatic carbocycles. The van der Waals surface area contributed by atoms with E-state index < -0.39 is 0 Å². The first-order valence-corrected chi connectivity index (χ1v) is 8.82. The molecule has 0 aliphatic carbocycles. The third kappa shape index (κ3) is 6.27. The maximum atomic E-state index is 5.82. The van der Waals surface area contributed by atoms with Crippen LogP contribution in [0, 0.1) is 11.8 Å². The molecule has 1 aliphatic rings. The molecule has 1 heterocycles.